The van der Waals surface area contributed by atoms with Crippen LogP contribution in [-0.4, -0.2) is 81.6 Å². The van der Waals surface area contributed by atoms with E-state index in [1.54, 1.807) is 25.7 Å². The topological polar surface area (TPSA) is 115 Å². The minimum Gasteiger partial charge on any atom is -0.449 e. The third-order valence-electron chi connectivity index (χ3n) is 8.43. The van der Waals surface area contributed by atoms with Crippen LogP contribution < -0.4 is 10.6 Å². The number of ether oxygens (including phenoxy) is 3. The maximum atomic E-state index is 13.4. The van der Waals surface area contributed by atoms with Crippen LogP contribution in [0.2, 0.25) is 18.1 Å². The van der Waals surface area contributed by atoms with Gasteiger partial charge in [-0.05, 0) is 88.3 Å². The van der Waals surface area contributed by atoms with Crippen LogP contribution in [0.3, 0.4) is 0 Å². The van der Waals surface area contributed by atoms with Gasteiger partial charge in [-0.2, -0.15) is 0 Å². The third-order valence-corrected chi connectivity index (χ3v) is 13.0. The van der Waals surface area contributed by atoms with Crippen molar-refractivity contribution in [3.63, 3.8) is 0 Å². The van der Waals surface area contributed by atoms with E-state index in [0.29, 0.717) is 19.5 Å². The van der Waals surface area contributed by atoms with Gasteiger partial charge in [0.2, 0.25) is 0 Å². The monoisotopic (exact) mass is 683 g/mol. The second-order valence-corrected chi connectivity index (χ2v) is 20.7. The van der Waals surface area contributed by atoms with E-state index in [9.17, 15) is 14.4 Å². The molecule has 1 aliphatic rings. The first-order valence-corrected chi connectivity index (χ1v) is 19.8. The van der Waals surface area contributed by atoms with Crippen LogP contribution >= 0.6 is 0 Å². The molecule has 1 unspecified atom stereocenters. The number of hydrogen-bond donors (Lipinski definition) is 2. The van der Waals surface area contributed by atoms with Crippen LogP contribution in [-0.2, 0) is 18.6 Å². The van der Waals surface area contributed by atoms with Crippen molar-refractivity contribution in [3.05, 3.63) is 59.7 Å². The van der Waals surface area contributed by atoms with Crippen LogP contribution in [0.25, 0.3) is 11.1 Å². The Morgan fingerprint density at radius 1 is 0.792 bits per heavy atom. The molecule has 11 heteroatoms. The van der Waals surface area contributed by atoms with E-state index >= 15 is 0 Å². The maximum absolute atomic E-state index is 13.4. The lowest BCUT2D eigenvalue weighted by molar-refractivity contribution is 0.0151. The zero-order valence-corrected chi connectivity index (χ0v) is 31.8. The van der Waals surface area contributed by atoms with E-state index in [1.807, 2.05) is 45.0 Å². The Morgan fingerprint density at radius 3 is 1.85 bits per heavy atom. The van der Waals surface area contributed by atoms with Crippen LogP contribution in [0.15, 0.2) is 48.5 Å². The Bertz CT molecular complexity index is 1360. The van der Waals surface area contributed by atoms with Crippen molar-refractivity contribution in [2.75, 3.05) is 32.8 Å². The molecule has 0 bridgehead atoms. The largest absolute Gasteiger partial charge is 0.449 e. The minimum absolute atomic E-state index is 0.0297. The molecule has 0 fully saturated rings. The second-order valence-electron chi connectivity index (χ2n) is 15.9. The summed E-state index contributed by atoms with van der Waals surface area (Å²) >= 11 is 0. The first-order valence-electron chi connectivity index (χ1n) is 16.9. The number of hydrogen-bond acceptors (Lipinski definition) is 7. The van der Waals surface area contributed by atoms with Gasteiger partial charge in [0.15, 0.2) is 8.32 Å². The molecule has 3 rings (SSSR count). The fraction of sp³-hybridized carbons (Fsp3) is 0.595. The molecule has 10 nitrogen and oxygen atoms in total. The molecule has 0 radical (unpaired) electrons. The molecule has 1 atom stereocenters. The summed E-state index contributed by atoms with van der Waals surface area (Å²) in [5.74, 6) is -0.0297. The molecule has 2 aromatic rings. The van der Waals surface area contributed by atoms with Gasteiger partial charge in [-0.3, -0.25) is 0 Å². The molecule has 0 aromatic heterocycles. The van der Waals surface area contributed by atoms with Gasteiger partial charge < -0.3 is 34.2 Å². The molecule has 1 aliphatic carbocycles. The summed E-state index contributed by atoms with van der Waals surface area (Å²) in [4.78, 5) is 40.3. The maximum Gasteiger partial charge on any atom is 0.410 e. The van der Waals surface area contributed by atoms with Crippen molar-refractivity contribution in [1.29, 1.82) is 0 Å². The Labute approximate surface area is 288 Å². The van der Waals surface area contributed by atoms with E-state index < -0.39 is 43.9 Å². The van der Waals surface area contributed by atoms with Crippen molar-refractivity contribution < 1.29 is 33.0 Å². The highest BCUT2D eigenvalue weighted by Gasteiger charge is 2.40. The number of alkyl carbamates (subject to hydrolysis) is 2. The highest BCUT2D eigenvalue weighted by molar-refractivity contribution is 6.74. The smallest absolute Gasteiger partial charge is 0.410 e. The molecule has 0 spiro atoms. The number of carbonyl (C=O) groups excluding carboxylic acids is 3. The molecule has 2 N–H and O–H groups in total. The van der Waals surface area contributed by atoms with Gasteiger partial charge in [-0.25, -0.2) is 14.4 Å². The number of fused-ring (bicyclic) bond motifs is 3. The molecular weight excluding hydrogens is 627 g/mol. The predicted molar refractivity (Wildman–Crippen MR) is 192 cm³/mol. The third kappa shape index (κ3) is 11.5. The van der Waals surface area contributed by atoms with E-state index in [-0.39, 0.29) is 30.7 Å². The normalized spacial score (nSPS) is 14.0. The van der Waals surface area contributed by atoms with Crippen LogP contribution in [0.4, 0.5) is 14.4 Å². The molecule has 3 amide bonds. The molecule has 0 heterocycles. The van der Waals surface area contributed by atoms with Gasteiger partial charge in [0.1, 0.15) is 17.8 Å². The number of nitrogens with one attached hydrogen (secondary N) is 2. The first-order chi connectivity index (χ1) is 22.2. The van der Waals surface area contributed by atoms with Crippen molar-refractivity contribution >= 4 is 26.6 Å². The van der Waals surface area contributed by atoms with Crippen molar-refractivity contribution in [2.45, 2.75) is 110 Å². The van der Waals surface area contributed by atoms with Crippen LogP contribution in [0, 0.1) is 0 Å². The molecule has 48 heavy (non-hydrogen) atoms. The number of nitrogens with zero attached hydrogens (tertiary/aromatic N) is 1. The Hall–Kier alpha value is -3.57. The lowest BCUT2D eigenvalue weighted by Crippen LogP contribution is -2.52. The molecule has 2 aromatic carbocycles. The first kappa shape index (κ1) is 38.9. The number of rotatable bonds is 12. The number of amides is 3. The van der Waals surface area contributed by atoms with Crippen LogP contribution in [0.5, 0.6) is 0 Å². The Kier molecular flexibility index (Phi) is 12.8. The van der Waals surface area contributed by atoms with Crippen molar-refractivity contribution in [2.24, 2.45) is 0 Å². The van der Waals surface area contributed by atoms with Crippen LogP contribution in [0.1, 0.15) is 85.8 Å². The van der Waals surface area contributed by atoms with Gasteiger partial charge in [-0.1, -0.05) is 69.3 Å². The number of benzene rings is 2. The number of carbonyl (C=O) groups is 3. The lowest BCUT2D eigenvalue weighted by Gasteiger charge is -2.40. The fourth-order valence-corrected chi connectivity index (χ4v) is 6.53. The molecule has 0 aliphatic heterocycles. The van der Waals surface area contributed by atoms with E-state index in [1.165, 1.54) is 11.1 Å². The zero-order valence-electron chi connectivity index (χ0n) is 30.8. The van der Waals surface area contributed by atoms with E-state index in [0.717, 1.165) is 11.1 Å². The van der Waals surface area contributed by atoms with Gasteiger partial charge in [0.25, 0.3) is 0 Å². The average Bonchev–Trinajstić information content (AvgIpc) is 3.27. The molecular formula is C37H57N3O7Si. The molecule has 266 valence electrons. The van der Waals surface area contributed by atoms with Crippen molar-refractivity contribution in [1.82, 2.24) is 15.5 Å². The Balaban J connectivity index is 1.63. The summed E-state index contributed by atoms with van der Waals surface area (Å²) in [5.41, 5.74) is 3.27. The van der Waals surface area contributed by atoms with Gasteiger partial charge >= 0.3 is 18.3 Å². The summed E-state index contributed by atoms with van der Waals surface area (Å²) in [6.07, 6.45) is -1.62. The zero-order chi connectivity index (χ0) is 35.9. The predicted octanol–water partition coefficient (Wildman–Crippen LogP) is 8.07. The SMILES string of the molecule is CC(C)(C)OC(=O)NCC(CN(CCCNC(=O)OCC1c2ccccc2-c2ccccc21)C(=O)OC(C)(C)C)O[Si](C)(C)C(C)(C)C. The van der Waals surface area contributed by atoms with E-state index in [2.05, 4.69) is 68.8 Å². The Morgan fingerprint density at radius 2 is 1.33 bits per heavy atom. The summed E-state index contributed by atoms with van der Waals surface area (Å²) < 4.78 is 23.6. The quantitative estimate of drug-likeness (QED) is 0.132. The van der Waals surface area contributed by atoms with Gasteiger partial charge in [0, 0.05) is 25.6 Å². The second kappa shape index (κ2) is 15.8. The summed E-state index contributed by atoms with van der Waals surface area (Å²) in [6, 6.07) is 16.4. The van der Waals surface area contributed by atoms with E-state index in [4.69, 9.17) is 18.6 Å². The highest BCUT2D eigenvalue weighted by Crippen LogP contribution is 2.44. The molecule has 0 saturated carbocycles. The summed E-state index contributed by atoms with van der Waals surface area (Å²) in [5, 5.41) is 5.56. The highest BCUT2D eigenvalue weighted by atomic mass is 28.4. The van der Waals surface area contributed by atoms with Gasteiger partial charge in [-0.15, -0.1) is 0 Å². The lowest BCUT2D eigenvalue weighted by atomic mass is 9.98. The molecule has 0 saturated heterocycles. The summed E-state index contributed by atoms with van der Waals surface area (Å²) in [6.45, 7) is 22.7. The summed E-state index contributed by atoms with van der Waals surface area (Å²) in [7, 11) is -2.30. The average molecular weight is 684 g/mol. The fourth-order valence-electron chi connectivity index (χ4n) is 5.19. The minimum atomic E-state index is -2.30. The van der Waals surface area contributed by atoms with Gasteiger partial charge in [0.05, 0.1) is 12.6 Å². The standard InChI is InChI=1S/C37H57N3O7Si/c1-35(2,3)45-33(42)39-23-26(47-48(10,11)37(7,8)9)24-40(34(43)46-36(4,5)6)22-16-21-38-32(41)44-25-31-29-19-14-12-17-27(29)28-18-13-15-20-30(28)31/h12-15,17-20,26,31H,16,21-25H2,1-11H3,(H,38,41)(H,39,42). The van der Waals surface area contributed by atoms with Crippen molar-refractivity contribution in [3.8, 4) is 11.1 Å².